The summed E-state index contributed by atoms with van der Waals surface area (Å²) in [6, 6.07) is 12.8. The Labute approximate surface area is 168 Å². The zero-order valence-corrected chi connectivity index (χ0v) is 16.0. The van der Waals surface area contributed by atoms with Gasteiger partial charge in [0.25, 0.3) is 0 Å². The summed E-state index contributed by atoms with van der Waals surface area (Å²) in [6.07, 6.45) is 5.33. The number of aromatic nitrogens is 3. The van der Waals surface area contributed by atoms with Crippen LogP contribution in [0.1, 0.15) is 12.0 Å². The number of pyridine rings is 1. The predicted octanol–water partition coefficient (Wildman–Crippen LogP) is 1.95. The zero-order valence-electron chi connectivity index (χ0n) is 16.0. The number of benzene rings is 1. The first kappa shape index (κ1) is 18.7. The SMILES string of the molecule is COc1ccccc1N1CC(C(=O)NCc2cccnc2-n2cccn2)CC1=O. The summed E-state index contributed by atoms with van der Waals surface area (Å²) in [7, 11) is 1.56. The van der Waals surface area contributed by atoms with E-state index in [2.05, 4.69) is 15.4 Å². The Bertz CT molecular complexity index is 1020. The van der Waals surface area contributed by atoms with E-state index in [0.29, 0.717) is 30.3 Å². The fourth-order valence-electron chi connectivity index (χ4n) is 3.46. The van der Waals surface area contributed by atoms with E-state index >= 15 is 0 Å². The number of carbonyl (C=O) groups is 2. The molecule has 1 unspecified atom stereocenters. The largest absolute Gasteiger partial charge is 0.495 e. The maximum atomic E-state index is 12.7. The van der Waals surface area contributed by atoms with Crippen LogP contribution in [0.2, 0.25) is 0 Å². The molecule has 1 N–H and O–H groups in total. The number of para-hydroxylation sites is 2. The molecule has 1 aromatic carbocycles. The fraction of sp³-hybridized carbons (Fsp3) is 0.238. The van der Waals surface area contributed by atoms with Gasteiger partial charge in [-0.2, -0.15) is 5.10 Å². The molecule has 0 aliphatic carbocycles. The van der Waals surface area contributed by atoms with Crippen LogP contribution in [0.5, 0.6) is 5.75 Å². The number of methoxy groups -OCH3 is 1. The van der Waals surface area contributed by atoms with E-state index in [0.717, 1.165) is 5.56 Å². The molecule has 1 aliphatic rings. The molecular weight excluding hydrogens is 370 g/mol. The lowest BCUT2D eigenvalue weighted by Gasteiger charge is -2.19. The summed E-state index contributed by atoms with van der Waals surface area (Å²) in [5.41, 5.74) is 1.53. The van der Waals surface area contributed by atoms with Gasteiger partial charge in [-0.25, -0.2) is 9.67 Å². The maximum Gasteiger partial charge on any atom is 0.227 e. The lowest BCUT2D eigenvalue weighted by molar-refractivity contribution is -0.126. The molecule has 1 fully saturated rings. The summed E-state index contributed by atoms with van der Waals surface area (Å²) in [4.78, 5) is 31.2. The van der Waals surface area contributed by atoms with Gasteiger partial charge in [-0.3, -0.25) is 9.59 Å². The lowest BCUT2D eigenvalue weighted by Crippen LogP contribution is -2.33. The Hall–Kier alpha value is -3.68. The van der Waals surface area contributed by atoms with Gasteiger partial charge in [0, 0.05) is 43.7 Å². The van der Waals surface area contributed by atoms with Gasteiger partial charge in [0.2, 0.25) is 11.8 Å². The summed E-state index contributed by atoms with van der Waals surface area (Å²) in [5, 5.41) is 7.13. The van der Waals surface area contributed by atoms with Crippen LogP contribution >= 0.6 is 0 Å². The second-order valence-corrected chi connectivity index (χ2v) is 6.73. The van der Waals surface area contributed by atoms with Gasteiger partial charge in [0.15, 0.2) is 5.82 Å². The molecule has 1 atom stereocenters. The second kappa shape index (κ2) is 8.14. The Morgan fingerprint density at radius 3 is 2.86 bits per heavy atom. The molecule has 0 saturated carbocycles. The third-order valence-corrected chi connectivity index (χ3v) is 4.91. The number of hydrogen-bond acceptors (Lipinski definition) is 5. The van der Waals surface area contributed by atoms with Crippen molar-refractivity contribution in [1.82, 2.24) is 20.1 Å². The van der Waals surface area contributed by atoms with Gasteiger partial charge in [0.1, 0.15) is 5.75 Å². The third kappa shape index (κ3) is 3.82. The molecule has 1 saturated heterocycles. The van der Waals surface area contributed by atoms with E-state index in [-0.39, 0.29) is 18.2 Å². The molecule has 8 nitrogen and oxygen atoms in total. The second-order valence-electron chi connectivity index (χ2n) is 6.73. The molecule has 2 aromatic heterocycles. The normalized spacial score (nSPS) is 16.1. The first-order valence-corrected chi connectivity index (χ1v) is 9.32. The first-order chi connectivity index (χ1) is 14.2. The molecule has 3 heterocycles. The van der Waals surface area contributed by atoms with Crippen LogP contribution in [0.3, 0.4) is 0 Å². The standard InChI is InChI=1S/C21H21N5O3/c1-29-18-8-3-2-7-17(18)25-14-16(12-19(25)27)21(28)23-13-15-6-4-9-22-20(15)26-11-5-10-24-26/h2-11,16H,12-14H2,1H3,(H,23,28). The van der Waals surface area contributed by atoms with Crippen molar-refractivity contribution in [2.24, 2.45) is 5.92 Å². The van der Waals surface area contributed by atoms with Crippen molar-refractivity contribution >= 4 is 17.5 Å². The van der Waals surface area contributed by atoms with Gasteiger partial charge in [-0.15, -0.1) is 0 Å². The van der Waals surface area contributed by atoms with Crippen LogP contribution in [0.4, 0.5) is 5.69 Å². The minimum absolute atomic E-state index is 0.0896. The van der Waals surface area contributed by atoms with Crippen molar-refractivity contribution in [3.8, 4) is 11.6 Å². The third-order valence-electron chi connectivity index (χ3n) is 4.91. The summed E-state index contributed by atoms with van der Waals surface area (Å²) in [6.45, 7) is 0.630. The van der Waals surface area contributed by atoms with Crippen LogP contribution in [-0.4, -0.2) is 40.2 Å². The first-order valence-electron chi connectivity index (χ1n) is 9.32. The zero-order chi connectivity index (χ0) is 20.2. The number of ether oxygens (including phenoxy) is 1. The molecule has 0 spiro atoms. The number of nitrogens with one attached hydrogen (secondary N) is 1. The average molecular weight is 391 g/mol. The van der Waals surface area contributed by atoms with Gasteiger partial charge in [-0.05, 0) is 24.3 Å². The Morgan fingerprint density at radius 1 is 1.21 bits per heavy atom. The van der Waals surface area contributed by atoms with Crippen LogP contribution in [0, 0.1) is 5.92 Å². The van der Waals surface area contributed by atoms with Gasteiger partial charge in [0.05, 0.1) is 18.7 Å². The van der Waals surface area contributed by atoms with Crippen LogP contribution in [0.25, 0.3) is 5.82 Å². The smallest absolute Gasteiger partial charge is 0.227 e. The van der Waals surface area contributed by atoms with Crippen LogP contribution < -0.4 is 15.0 Å². The van der Waals surface area contributed by atoms with Crippen molar-refractivity contribution in [2.75, 3.05) is 18.6 Å². The van der Waals surface area contributed by atoms with Crippen molar-refractivity contribution in [3.63, 3.8) is 0 Å². The van der Waals surface area contributed by atoms with Crippen molar-refractivity contribution in [2.45, 2.75) is 13.0 Å². The van der Waals surface area contributed by atoms with Crippen LogP contribution in [0.15, 0.2) is 61.1 Å². The molecule has 0 bridgehead atoms. The summed E-state index contributed by atoms with van der Waals surface area (Å²) < 4.78 is 7.00. The average Bonchev–Trinajstić information content (AvgIpc) is 3.42. The van der Waals surface area contributed by atoms with Gasteiger partial charge < -0.3 is 15.0 Å². The Balaban J connectivity index is 1.44. The van der Waals surface area contributed by atoms with E-state index in [1.54, 1.807) is 41.3 Å². The van der Waals surface area contributed by atoms with Crippen molar-refractivity contribution in [1.29, 1.82) is 0 Å². The summed E-state index contributed by atoms with van der Waals surface area (Å²) in [5.74, 6) is 0.605. The van der Waals surface area contributed by atoms with E-state index in [9.17, 15) is 9.59 Å². The van der Waals surface area contributed by atoms with E-state index < -0.39 is 5.92 Å². The van der Waals surface area contributed by atoms with Crippen molar-refractivity contribution < 1.29 is 14.3 Å². The topological polar surface area (TPSA) is 89.3 Å². The Kier molecular flexibility index (Phi) is 5.24. The predicted molar refractivity (Wildman–Crippen MR) is 107 cm³/mol. The highest BCUT2D eigenvalue weighted by molar-refractivity contribution is 6.01. The monoisotopic (exact) mass is 391 g/mol. The molecular formula is C21H21N5O3. The highest BCUT2D eigenvalue weighted by Crippen LogP contribution is 2.32. The molecule has 3 aromatic rings. The van der Waals surface area contributed by atoms with E-state index in [1.165, 1.54) is 0 Å². The number of amides is 2. The minimum atomic E-state index is -0.419. The van der Waals surface area contributed by atoms with E-state index in [4.69, 9.17) is 4.74 Å². The summed E-state index contributed by atoms with van der Waals surface area (Å²) >= 11 is 0. The van der Waals surface area contributed by atoms with Gasteiger partial charge >= 0.3 is 0 Å². The highest BCUT2D eigenvalue weighted by atomic mass is 16.5. The molecule has 8 heteroatoms. The maximum absolute atomic E-state index is 12.7. The molecule has 4 rings (SSSR count). The highest BCUT2D eigenvalue weighted by Gasteiger charge is 2.36. The number of anilines is 1. The number of hydrogen-bond donors (Lipinski definition) is 1. The van der Waals surface area contributed by atoms with E-state index in [1.807, 2.05) is 36.4 Å². The molecule has 1 aliphatic heterocycles. The van der Waals surface area contributed by atoms with Gasteiger partial charge in [-0.1, -0.05) is 18.2 Å². The molecule has 2 amide bonds. The number of carbonyl (C=O) groups excluding carboxylic acids is 2. The lowest BCUT2D eigenvalue weighted by atomic mass is 10.1. The van der Waals surface area contributed by atoms with Crippen molar-refractivity contribution in [3.05, 3.63) is 66.6 Å². The quantitative estimate of drug-likeness (QED) is 0.694. The molecule has 29 heavy (non-hydrogen) atoms. The minimum Gasteiger partial charge on any atom is -0.495 e. The van der Waals surface area contributed by atoms with Crippen LogP contribution in [-0.2, 0) is 16.1 Å². The number of rotatable bonds is 6. The fourth-order valence-corrected chi connectivity index (χ4v) is 3.46. The molecule has 0 radical (unpaired) electrons. The molecule has 148 valence electrons. The Morgan fingerprint density at radius 2 is 2.07 bits per heavy atom. The number of nitrogens with zero attached hydrogens (tertiary/aromatic N) is 4.